The standard InChI is InChI=1S/C19H31N7O2S/c1-23-10-12-24(13-11-23)9-6-20-17(28)15-4-2-7-25(14-15)18-21-22-19(29-18)26-8-3-5-16(26)27/h15H,2-14H2,1H3,(H,20,28). The monoisotopic (exact) mass is 421 g/mol. The van der Waals surface area contributed by atoms with Crippen molar-refractivity contribution < 1.29 is 9.59 Å². The summed E-state index contributed by atoms with van der Waals surface area (Å²) in [5.41, 5.74) is 0. The Morgan fingerprint density at radius 3 is 2.66 bits per heavy atom. The van der Waals surface area contributed by atoms with Crippen LogP contribution in [0.3, 0.4) is 0 Å². The Kier molecular flexibility index (Phi) is 6.61. The molecule has 29 heavy (non-hydrogen) atoms. The number of nitrogens with one attached hydrogen (secondary N) is 1. The van der Waals surface area contributed by atoms with Crippen LogP contribution in [-0.4, -0.2) is 97.8 Å². The molecular weight excluding hydrogens is 390 g/mol. The van der Waals surface area contributed by atoms with Crippen molar-refractivity contribution in [1.82, 2.24) is 25.3 Å². The average Bonchev–Trinajstić information content (AvgIpc) is 3.38. The van der Waals surface area contributed by atoms with Crippen molar-refractivity contribution in [3.63, 3.8) is 0 Å². The number of anilines is 2. The second kappa shape index (κ2) is 9.36. The van der Waals surface area contributed by atoms with E-state index in [9.17, 15) is 9.59 Å². The van der Waals surface area contributed by atoms with E-state index >= 15 is 0 Å². The third-order valence-electron chi connectivity index (χ3n) is 6.09. The molecule has 0 aliphatic carbocycles. The molecule has 4 heterocycles. The molecule has 160 valence electrons. The second-order valence-electron chi connectivity index (χ2n) is 8.24. The van der Waals surface area contributed by atoms with Crippen LogP contribution in [0.4, 0.5) is 10.3 Å². The summed E-state index contributed by atoms with van der Waals surface area (Å²) in [6.07, 6.45) is 3.35. The number of likely N-dealkylation sites (N-methyl/N-ethyl adjacent to an activating group) is 1. The van der Waals surface area contributed by atoms with Crippen molar-refractivity contribution in [1.29, 1.82) is 0 Å². The van der Waals surface area contributed by atoms with Crippen molar-refractivity contribution in [3.05, 3.63) is 0 Å². The number of nitrogens with zero attached hydrogens (tertiary/aromatic N) is 6. The fourth-order valence-electron chi connectivity index (χ4n) is 4.21. The summed E-state index contributed by atoms with van der Waals surface area (Å²) in [5, 5.41) is 13.2. The molecule has 3 aliphatic rings. The molecule has 0 radical (unpaired) electrons. The number of rotatable bonds is 6. The van der Waals surface area contributed by atoms with E-state index in [1.165, 1.54) is 11.3 Å². The number of carbonyl (C=O) groups excluding carboxylic acids is 2. The van der Waals surface area contributed by atoms with Crippen LogP contribution in [0.25, 0.3) is 0 Å². The molecule has 0 saturated carbocycles. The molecule has 0 aromatic carbocycles. The largest absolute Gasteiger partial charge is 0.355 e. The van der Waals surface area contributed by atoms with Crippen LogP contribution in [-0.2, 0) is 9.59 Å². The van der Waals surface area contributed by atoms with E-state index in [0.29, 0.717) is 24.6 Å². The van der Waals surface area contributed by atoms with Gasteiger partial charge in [-0.15, -0.1) is 10.2 Å². The van der Waals surface area contributed by atoms with E-state index < -0.39 is 0 Å². The molecule has 3 fully saturated rings. The predicted octanol–water partition coefficient (Wildman–Crippen LogP) is 0.245. The number of aromatic nitrogens is 2. The minimum atomic E-state index is -0.0167. The fourth-order valence-corrected chi connectivity index (χ4v) is 5.14. The SMILES string of the molecule is CN1CCN(CCNC(=O)C2CCCN(c3nnc(N4CCCC4=O)s3)C2)CC1. The Morgan fingerprint density at radius 2 is 1.90 bits per heavy atom. The Balaban J connectivity index is 1.25. The minimum absolute atomic E-state index is 0.0167. The summed E-state index contributed by atoms with van der Waals surface area (Å²) in [6, 6.07) is 0. The highest BCUT2D eigenvalue weighted by Gasteiger charge is 2.30. The summed E-state index contributed by atoms with van der Waals surface area (Å²) in [7, 11) is 2.15. The van der Waals surface area contributed by atoms with Crippen molar-refractivity contribution in [2.24, 2.45) is 5.92 Å². The van der Waals surface area contributed by atoms with Gasteiger partial charge in [0.25, 0.3) is 0 Å². The summed E-state index contributed by atoms with van der Waals surface area (Å²) >= 11 is 1.46. The highest BCUT2D eigenvalue weighted by atomic mass is 32.1. The van der Waals surface area contributed by atoms with Crippen LogP contribution in [0, 0.1) is 5.92 Å². The fraction of sp³-hybridized carbons (Fsp3) is 0.789. The number of amides is 2. The molecule has 4 rings (SSSR count). The van der Waals surface area contributed by atoms with Gasteiger partial charge in [0.1, 0.15) is 0 Å². The molecule has 1 unspecified atom stereocenters. The van der Waals surface area contributed by atoms with E-state index in [0.717, 1.165) is 70.2 Å². The molecule has 1 N–H and O–H groups in total. The molecule has 2 amide bonds. The predicted molar refractivity (Wildman–Crippen MR) is 113 cm³/mol. The Morgan fingerprint density at radius 1 is 1.10 bits per heavy atom. The molecular formula is C19H31N7O2S. The van der Waals surface area contributed by atoms with Crippen LogP contribution >= 0.6 is 11.3 Å². The third kappa shape index (κ3) is 5.04. The lowest BCUT2D eigenvalue weighted by Gasteiger charge is -2.33. The lowest BCUT2D eigenvalue weighted by atomic mass is 9.97. The van der Waals surface area contributed by atoms with Crippen LogP contribution in [0.1, 0.15) is 25.7 Å². The van der Waals surface area contributed by atoms with Gasteiger partial charge in [0.15, 0.2) is 0 Å². The summed E-state index contributed by atoms with van der Waals surface area (Å²) in [5.74, 6) is 0.254. The van der Waals surface area contributed by atoms with Crippen LogP contribution < -0.4 is 15.1 Å². The molecule has 9 nitrogen and oxygen atoms in total. The molecule has 3 saturated heterocycles. The van der Waals surface area contributed by atoms with Crippen LogP contribution in [0.5, 0.6) is 0 Å². The smallest absolute Gasteiger partial charge is 0.228 e. The van der Waals surface area contributed by atoms with Gasteiger partial charge in [0, 0.05) is 65.3 Å². The van der Waals surface area contributed by atoms with Crippen molar-refractivity contribution in [2.75, 3.05) is 75.8 Å². The second-order valence-corrected chi connectivity index (χ2v) is 9.17. The molecule has 1 aromatic heterocycles. The summed E-state index contributed by atoms with van der Waals surface area (Å²) in [4.78, 5) is 33.2. The molecule has 10 heteroatoms. The first-order chi connectivity index (χ1) is 14.1. The highest BCUT2D eigenvalue weighted by Crippen LogP contribution is 2.32. The van der Waals surface area contributed by atoms with E-state index in [1.807, 2.05) is 0 Å². The maximum absolute atomic E-state index is 12.7. The number of hydrogen-bond donors (Lipinski definition) is 1. The molecule has 0 spiro atoms. The maximum atomic E-state index is 12.7. The zero-order valence-corrected chi connectivity index (χ0v) is 18.0. The van der Waals surface area contributed by atoms with E-state index in [1.54, 1.807) is 4.90 Å². The Bertz CT molecular complexity index is 719. The van der Waals surface area contributed by atoms with Gasteiger partial charge < -0.3 is 15.1 Å². The first-order valence-electron chi connectivity index (χ1n) is 10.7. The topological polar surface area (TPSA) is 84.9 Å². The lowest BCUT2D eigenvalue weighted by Crippen LogP contribution is -2.48. The molecule has 1 aromatic rings. The van der Waals surface area contributed by atoms with Gasteiger partial charge >= 0.3 is 0 Å². The van der Waals surface area contributed by atoms with Crippen molar-refractivity contribution in [2.45, 2.75) is 25.7 Å². The number of piperazine rings is 1. The first-order valence-corrected chi connectivity index (χ1v) is 11.5. The van der Waals surface area contributed by atoms with Crippen LogP contribution in [0.2, 0.25) is 0 Å². The van der Waals surface area contributed by atoms with Crippen molar-refractivity contribution >= 4 is 33.4 Å². The zero-order valence-electron chi connectivity index (χ0n) is 17.2. The number of piperidine rings is 1. The van der Waals surface area contributed by atoms with Gasteiger partial charge in [0.05, 0.1) is 5.92 Å². The van der Waals surface area contributed by atoms with Gasteiger partial charge in [0.2, 0.25) is 22.1 Å². The quantitative estimate of drug-likeness (QED) is 0.705. The first kappa shape index (κ1) is 20.5. The highest BCUT2D eigenvalue weighted by molar-refractivity contribution is 7.19. The normalized spacial score (nSPS) is 24.3. The van der Waals surface area contributed by atoms with Gasteiger partial charge in [-0.1, -0.05) is 11.3 Å². The number of hydrogen-bond acceptors (Lipinski definition) is 8. The van der Waals surface area contributed by atoms with Crippen molar-refractivity contribution in [3.8, 4) is 0 Å². The van der Waals surface area contributed by atoms with Gasteiger partial charge in [-0.3, -0.25) is 19.4 Å². The lowest BCUT2D eigenvalue weighted by molar-refractivity contribution is -0.125. The van der Waals surface area contributed by atoms with Gasteiger partial charge in [-0.05, 0) is 26.3 Å². The minimum Gasteiger partial charge on any atom is -0.355 e. The van der Waals surface area contributed by atoms with Gasteiger partial charge in [-0.2, -0.15) is 0 Å². The summed E-state index contributed by atoms with van der Waals surface area (Å²) < 4.78 is 0. The van der Waals surface area contributed by atoms with E-state index in [4.69, 9.17) is 0 Å². The average molecular weight is 422 g/mol. The maximum Gasteiger partial charge on any atom is 0.228 e. The Labute approximate surface area is 176 Å². The molecule has 1 atom stereocenters. The Hall–Kier alpha value is -1.78. The van der Waals surface area contributed by atoms with Gasteiger partial charge in [-0.25, -0.2) is 0 Å². The molecule has 0 bridgehead atoms. The van der Waals surface area contributed by atoms with E-state index in [2.05, 4.69) is 37.3 Å². The third-order valence-corrected chi connectivity index (χ3v) is 7.10. The van der Waals surface area contributed by atoms with E-state index in [-0.39, 0.29) is 17.7 Å². The number of carbonyl (C=O) groups is 2. The summed E-state index contributed by atoms with van der Waals surface area (Å²) in [6.45, 7) is 8.24. The molecule has 3 aliphatic heterocycles. The zero-order chi connectivity index (χ0) is 20.2. The van der Waals surface area contributed by atoms with Crippen LogP contribution in [0.15, 0.2) is 0 Å².